The fourth-order valence-electron chi connectivity index (χ4n) is 1.46. The summed E-state index contributed by atoms with van der Waals surface area (Å²) >= 11 is 3.42. The van der Waals surface area contributed by atoms with Gasteiger partial charge in [-0.3, -0.25) is 0 Å². The van der Waals surface area contributed by atoms with Crippen molar-refractivity contribution in [1.82, 2.24) is 15.3 Å². The Labute approximate surface area is 110 Å². The molecule has 2 rings (SSSR count). The van der Waals surface area contributed by atoms with E-state index in [1.807, 2.05) is 6.92 Å². The van der Waals surface area contributed by atoms with E-state index in [1.165, 1.54) is 0 Å². The van der Waals surface area contributed by atoms with Crippen molar-refractivity contribution >= 4 is 22.7 Å². The third-order valence-electron chi connectivity index (χ3n) is 2.29. The first kappa shape index (κ1) is 12.7. The van der Waals surface area contributed by atoms with Gasteiger partial charge in [-0.2, -0.15) is 0 Å². The Bertz CT molecular complexity index is 474. The molecule has 92 valence electrons. The van der Waals surface area contributed by atoms with E-state index in [0.717, 1.165) is 34.4 Å². The molecule has 0 aliphatic heterocycles. The summed E-state index contributed by atoms with van der Waals surface area (Å²) in [5.41, 5.74) is 2.26. The van der Waals surface area contributed by atoms with E-state index in [1.54, 1.807) is 22.7 Å². The number of hydrogen-bond acceptors (Lipinski definition) is 5. The van der Waals surface area contributed by atoms with Gasteiger partial charge in [-0.15, -0.1) is 22.7 Å². The first-order valence-corrected chi connectivity index (χ1v) is 7.47. The molecule has 3 nitrogen and oxygen atoms in total. The molecule has 0 fully saturated rings. The van der Waals surface area contributed by atoms with Crippen molar-refractivity contribution in [3.8, 4) is 0 Å². The molecule has 0 amide bonds. The van der Waals surface area contributed by atoms with E-state index >= 15 is 0 Å². The molecule has 2 aromatic heterocycles. The SMILES string of the molecule is Cc1nc(Cc2nc(CNC(C)C)cs2)cs1. The van der Waals surface area contributed by atoms with E-state index in [0.29, 0.717) is 6.04 Å². The predicted octanol–water partition coefficient (Wildman–Crippen LogP) is 3.00. The maximum absolute atomic E-state index is 4.61. The van der Waals surface area contributed by atoms with Crippen molar-refractivity contribution in [2.45, 2.75) is 39.8 Å². The number of nitrogens with one attached hydrogen (secondary N) is 1. The van der Waals surface area contributed by atoms with Crippen LogP contribution in [0.2, 0.25) is 0 Å². The Kier molecular flexibility index (Phi) is 4.25. The molecule has 0 saturated heterocycles. The monoisotopic (exact) mass is 267 g/mol. The van der Waals surface area contributed by atoms with Crippen molar-refractivity contribution in [1.29, 1.82) is 0 Å². The quantitative estimate of drug-likeness (QED) is 0.905. The van der Waals surface area contributed by atoms with Crippen LogP contribution in [0, 0.1) is 6.92 Å². The highest BCUT2D eigenvalue weighted by Crippen LogP contribution is 2.16. The lowest BCUT2D eigenvalue weighted by Gasteiger charge is -2.04. The first-order chi connectivity index (χ1) is 8.13. The Morgan fingerprint density at radius 3 is 2.59 bits per heavy atom. The van der Waals surface area contributed by atoms with Gasteiger partial charge >= 0.3 is 0 Å². The second-order valence-corrected chi connectivity index (χ2v) is 6.31. The highest BCUT2D eigenvalue weighted by atomic mass is 32.1. The van der Waals surface area contributed by atoms with Crippen LogP contribution in [0.4, 0.5) is 0 Å². The molecule has 0 bridgehead atoms. The molecule has 1 N–H and O–H groups in total. The summed E-state index contributed by atoms with van der Waals surface area (Å²) in [7, 11) is 0. The third-order valence-corrected chi connectivity index (χ3v) is 4.01. The number of aromatic nitrogens is 2. The largest absolute Gasteiger partial charge is 0.309 e. The van der Waals surface area contributed by atoms with Crippen LogP contribution >= 0.6 is 22.7 Å². The second-order valence-electron chi connectivity index (χ2n) is 4.30. The van der Waals surface area contributed by atoms with Gasteiger partial charge in [-0.05, 0) is 6.92 Å². The Morgan fingerprint density at radius 2 is 1.94 bits per heavy atom. The van der Waals surface area contributed by atoms with Gasteiger partial charge < -0.3 is 5.32 Å². The van der Waals surface area contributed by atoms with Crippen molar-refractivity contribution in [2.24, 2.45) is 0 Å². The van der Waals surface area contributed by atoms with Crippen LogP contribution in [-0.4, -0.2) is 16.0 Å². The number of rotatable bonds is 5. The number of nitrogens with zero attached hydrogens (tertiary/aromatic N) is 2. The van der Waals surface area contributed by atoms with E-state index in [2.05, 4.69) is 39.9 Å². The number of aryl methyl sites for hydroxylation is 1. The highest BCUT2D eigenvalue weighted by Gasteiger charge is 2.05. The van der Waals surface area contributed by atoms with Crippen molar-refractivity contribution < 1.29 is 0 Å². The van der Waals surface area contributed by atoms with Crippen LogP contribution in [0.15, 0.2) is 10.8 Å². The maximum atomic E-state index is 4.61. The molecule has 0 aliphatic carbocycles. The first-order valence-electron chi connectivity index (χ1n) is 5.71. The molecular formula is C12H17N3S2. The molecule has 17 heavy (non-hydrogen) atoms. The average molecular weight is 267 g/mol. The summed E-state index contributed by atoms with van der Waals surface area (Å²) in [5, 5.41) is 9.89. The van der Waals surface area contributed by atoms with Crippen LogP contribution in [0.3, 0.4) is 0 Å². The third kappa shape index (κ3) is 3.87. The molecule has 0 saturated carbocycles. The molecule has 2 heterocycles. The number of thiazole rings is 2. The summed E-state index contributed by atoms with van der Waals surface area (Å²) in [6.45, 7) is 7.18. The van der Waals surface area contributed by atoms with Gasteiger partial charge in [-0.1, -0.05) is 13.8 Å². The lowest BCUT2D eigenvalue weighted by Crippen LogP contribution is -2.21. The van der Waals surface area contributed by atoms with Gasteiger partial charge in [0.1, 0.15) is 0 Å². The minimum Gasteiger partial charge on any atom is -0.309 e. The fourth-order valence-corrected chi connectivity index (χ4v) is 2.89. The summed E-state index contributed by atoms with van der Waals surface area (Å²) in [5.74, 6) is 0. The van der Waals surface area contributed by atoms with Crippen LogP contribution in [0.5, 0.6) is 0 Å². The molecule has 5 heteroatoms. The van der Waals surface area contributed by atoms with Gasteiger partial charge in [-0.25, -0.2) is 9.97 Å². The Hall–Kier alpha value is -0.780. The molecule has 0 atom stereocenters. The summed E-state index contributed by atoms with van der Waals surface area (Å²) in [6, 6.07) is 0.501. The summed E-state index contributed by atoms with van der Waals surface area (Å²) < 4.78 is 0. The minimum atomic E-state index is 0.501. The standard InChI is InChI=1S/C12H17N3S2/c1-8(2)13-5-11-7-17-12(15-11)4-10-6-16-9(3)14-10/h6-8,13H,4-5H2,1-3H3. The topological polar surface area (TPSA) is 37.8 Å². The Balaban J connectivity index is 1.94. The molecular weight excluding hydrogens is 250 g/mol. The molecule has 0 radical (unpaired) electrons. The van der Waals surface area contributed by atoms with Crippen LogP contribution in [0.25, 0.3) is 0 Å². The normalized spacial score (nSPS) is 11.3. The highest BCUT2D eigenvalue weighted by molar-refractivity contribution is 7.10. The van der Waals surface area contributed by atoms with Crippen molar-refractivity contribution in [3.05, 3.63) is 32.2 Å². The maximum Gasteiger partial charge on any atom is 0.0988 e. The summed E-state index contributed by atoms with van der Waals surface area (Å²) in [6.07, 6.45) is 0.858. The second kappa shape index (κ2) is 5.71. The van der Waals surface area contributed by atoms with E-state index in [-0.39, 0.29) is 0 Å². The average Bonchev–Trinajstić information content (AvgIpc) is 2.86. The molecule has 0 aromatic carbocycles. The van der Waals surface area contributed by atoms with Gasteiger partial charge in [0.05, 0.1) is 21.4 Å². The van der Waals surface area contributed by atoms with Gasteiger partial charge in [0.25, 0.3) is 0 Å². The van der Waals surface area contributed by atoms with Crippen molar-refractivity contribution in [2.75, 3.05) is 0 Å². The zero-order chi connectivity index (χ0) is 12.3. The molecule has 2 aromatic rings. The van der Waals surface area contributed by atoms with Gasteiger partial charge in [0.2, 0.25) is 0 Å². The minimum absolute atomic E-state index is 0.501. The summed E-state index contributed by atoms with van der Waals surface area (Å²) in [4.78, 5) is 9.07. The van der Waals surface area contributed by atoms with E-state index < -0.39 is 0 Å². The zero-order valence-electron chi connectivity index (χ0n) is 10.4. The smallest absolute Gasteiger partial charge is 0.0988 e. The van der Waals surface area contributed by atoms with Crippen LogP contribution < -0.4 is 5.32 Å². The lowest BCUT2D eigenvalue weighted by molar-refractivity contribution is 0.582. The zero-order valence-corrected chi connectivity index (χ0v) is 12.0. The Morgan fingerprint density at radius 1 is 1.18 bits per heavy atom. The van der Waals surface area contributed by atoms with E-state index in [4.69, 9.17) is 0 Å². The molecule has 0 unspecified atom stereocenters. The van der Waals surface area contributed by atoms with Gasteiger partial charge in [0, 0.05) is 29.8 Å². The molecule has 0 spiro atoms. The van der Waals surface area contributed by atoms with Crippen LogP contribution in [-0.2, 0) is 13.0 Å². The lowest BCUT2D eigenvalue weighted by atomic mass is 10.3. The molecule has 0 aliphatic rings. The predicted molar refractivity (Wildman–Crippen MR) is 73.7 cm³/mol. The van der Waals surface area contributed by atoms with Crippen molar-refractivity contribution in [3.63, 3.8) is 0 Å². The van der Waals surface area contributed by atoms with E-state index in [9.17, 15) is 0 Å². The van der Waals surface area contributed by atoms with Gasteiger partial charge in [0.15, 0.2) is 0 Å². The fraction of sp³-hybridized carbons (Fsp3) is 0.500. The van der Waals surface area contributed by atoms with Crippen LogP contribution in [0.1, 0.15) is 35.3 Å². The number of hydrogen-bond donors (Lipinski definition) is 1.